The van der Waals surface area contributed by atoms with Gasteiger partial charge in [-0.05, 0) is 42.3 Å². The second-order valence-electron chi connectivity index (χ2n) is 6.81. The molecule has 6 nitrogen and oxygen atoms in total. The van der Waals surface area contributed by atoms with Crippen LogP contribution < -0.4 is 10.6 Å². The SMILES string of the molecule is O=C1NCc2ccc(-c3ccc(NCC[C@H](F)Cc4ncccc4F)nn3)cc21. The number of fused-ring (bicyclic) bond motifs is 1. The minimum Gasteiger partial charge on any atom is -0.368 e. The lowest BCUT2D eigenvalue weighted by molar-refractivity contribution is 0.0966. The molecule has 0 saturated carbocycles. The normalized spacial score (nSPS) is 13.7. The van der Waals surface area contributed by atoms with Crippen LogP contribution in [-0.4, -0.2) is 33.8 Å². The first-order valence-electron chi connectivity index (χ1n) is 9.33. The Bertz CT molecular complexity index is 1030. The van der Waals surface area contributed by atoms with Gasteiger partial charge in [-0.2, -0.15) is 0 Å². The van der Waals surface area contributed by atoms with Crippen molar-refractivity contribution < 1.29 is 13.6 Å². The Hall–Kier alpha value is -3.42. The molecule has 1 aromatic carbocycles. The van der Waals surface area contributed by atoms with Crippen LogP contribution >= 0.6 is 0 Å². The van der Waals surface area contributed by atoms with Gasteiger partial charge in [0, 0.05) is 36.8 Å². The number of amides is 1. The van der Waals surface area contributed by atoms with E-state index in [1.807, 2.05) is 12.1 Å². The van der Waals surface area contributed by atoms with E-state index in [0.717, 1.165) is 11.1 Å². The summed E-state index contributed by atoms with van der Waals surface area (Å²) in [5.74, 6) is -0.0584. The van der Waals surface area contributed by atoms with E-state index in [0.29, 0.717) is 30.2 Å². The van der Waals surface area contributed by atoms with E-state index < -0.39 is 12.0 Å². The average Bonchev–Trinajstić information content (AvgIpc) is 3.10. The van der Waals surface area contributed by atoms with Crippen molar-refractivity contribution in [2.45, 2.75) is 25.6 Å². The zero-order valence-electron chi connectivity index (χ0n) is 15.5. The molecule has 0 saturated heterocycles. The topological polar surface area (TPSA) is 79.8 Å². The van der Waals surface area contributed by atoms with E-state index in [1.165, 1.54) is 18.3 Å². The number of alkyl halides is 1. The number of halogens is 2. The number of carbonyl (C=O) groups is 1. The Morgan fingerprint density at radius 1 is 1.17 bits per heavy atom. The van der Waals surface area contributed by atoms with Gasteiger partial charge in [0.25, 0.3) is 5.91 Å². The summed E-state index contributed by atoms with van der Waals surface area (Å²) >= 11 is 0. The maximum absolute atomic E-state index is 14.1. The summed E-state index contributed by atoms with van der Waals surface area (Å²) in [4.78, 5) is 15.7. The molecule has 1 atom stereocenters. The van der Waals surface area contributed by atoms with Crippen LogP contribution in [0.3, 0.4) is 0 Å². The van der Waals surface area contributed by atoms with Crippen LogP contribution in [0.2, 0.25) is 0 Å². The van der Waals surface area contributed by atoms with Crippen molar-refractivity contribution in [3.63, 3.8) is 0 Å². The van der Waals surface area contributed by atoms with Gasteiger partial charge in [0.15, 0.2) is 0 Å². The molecule has 4 rings (SSSR count). The summed E-state index contributed by atoms with van der Waals surface area (Å²) < 4.78 is 27.6. The van der Waals surface area contributed by atoms with Gasteiger partial charge >= 0.3 is 0 Å². The van der Waals surface area contributed by atoms with E-state index in [2.05, 4.69) is 25.8 Å². The molecule has 0 radical (unpaired) electrons. The fourth-order valence-electron chi connectivity index (χ4n) is 3.19. The molecule has 0 unspecified atom stereocenters. The molecular formula is C21H19F2N5O. The fraction of sp³-hybridized carbons (Fsp3) is 0.238. The van der Waals surface area contributed by atoms with Crippen LogP contribution in [0, 0.1) is 5.82 Å². The lowest BCUT2D eigenvalue weighted by Gasteiger charge is -2.10. The highest BCUT2D eigenvalue weighted by Crippen LogP contribution is 2.24. The second kappa shape index (κ2) is 8.30. The average molecular weight is 395 g/mol. The zero-order valence-corrected chi connectivity index (χ0v) is 15.5. The van der Waals surface area contributed by atoms with Crippen molar-refractivity contribution in [3.05, 3.63) is 71.3 Å². The summed E-state index contributed by atoms with van der Waals surface area (Å²) in [6.45, 7) is 0.883. The standard InChI is InChI=1S/C21H19F2N5O/c22-15(11-19-17(23)2-1-8-24-19)7-9-25-20-6-5-18(27-28-20)13-3-4-14-12-26-21(29)16(14)10-13/h1-6,8,10,15H,7,9,11-12H2,(H,25,28)(H,26,29)/t15-/m0/s1. The number of nitrogens with one attached hydrogen (secondary N) is 2. The summed E-state index contributed by atoms with van der Waals surface area (Å²) in [5, 5.41) is 14.1. The molecular weight excluding hydrogens is 376 g/mol. The molecule has 3 heterocycles. The second-order valence-corrected chi connectivity index (χ2v) is 6.81. The number of anilines is 1. The van der Waals surface area contributed by atoms with Crippen molar-refractivity contribution in [2.24, 2.45) is 0 Å². The Kier molecular flexibility index (Phi) is 5.41. The number of nitrogens with zero attached hydrogens (tertiary/aromatic N) is 3. The largest absolute Gasteiger partial charge is 0.368 e. The molecule has 0 aliphatic carbocycles. The summed E-state index contributed by atoms with van der Waals surface area (Å²) in [6, 6.07) is 11.9. The monoisotopic (exact) mass is 395 g/mol. The van der Waals surface area contributed by atoms with Crippen LogP contribution in [0.15, 0.2) is 48.7 Å². The van der Waals surface area contributed by atoms with Crippen molar-refractivity contribution in [1.29, 1.82) is 0 Å². The molecule has 148 valence electrons. The van der Waals surface area contributed by atoms with Gasteiger partial charge in [-0.3, -0.25) is 9.78 Å². The quantitative estimate of drug-likeness (QED) is 0.642. The van der Waals surface area contributed by atoms with Crippen LogP contribution in [0.1, 0.15) is 28.0 Å². The lowest BCUT2D eigenvalue weighted by Crippen LogP contribution is -2.14. The highest BCUT2D eigenvalue weighted by atomic mass is 19.1. The maximum atomic E-state index is 14.1. The third kappa shape index (κ3) is 4.37. The number of carbonyl (C=O) groups excluding carboxylic acids is 1. The van der Waals surface area contributed by atoms with E-state index >= 15 is 0 Å². The van der Waals surface area contributed by atoms with Gasteiger partial charge in [0.1, 0.15) is 17.8 Å². The molecule has 0 bridgehead atoms. The number of hydrogen-bond acceptors (Lipinski definition) is 5. The molecule has 1 aliphatic heterocycles. The smallest absolute Gasteiger partial charge is 0.251 e. The van der Waals surface area contributed by atoms with E-state index in [-0.39, 0.29) is 24.4 Å². The minimum absolute atomic E-state index is 0.0646. The third-order valence-corrected chi connectivity index (χ3v) is 4.77. The van der Waals surface area contributed by atoms with Gasteiger partial charge in [-0.25, -0.2) is 8.78 Å². The number of aromatic nitrogens is 3. The first-order chi connectivity index (χ1) is 14.1. The maximum Gasteiger partial charge on any atom is 0.251 e. The number of pyridine rings is 1. The first-order valence-corrected chi connectivity index (χ1v) is 9.33. The van der Waals surface area contributed by atoms with Crippen LogP contribution in [0.4, 0.5) is 14.6 Å². The Morgan fingerprint density at radius 3 is 2.86 bits per heavy atom. The molecule has 8 heteroatoms. The first kappa shape index (κ1) is 18.9. The number of benzene rings is 1. The molecule has 0 spiro atoms. The molecule has 1 aliphatic rings. The highest BCUT2D eigenvalue weighted by molar-refractivity contribution is 5.99. The van der Waals surface area contributed by atoms with Crippen molar-refractivity contribution in [2.75, 3.05) is 11.9 Å². The molecule has 1 amide bonds. The Morgan fingerprint density at radius 2 is 2.07 bits per heavy atom. The third-order valence-electron chi connectivity index (χ3n) is 4.77. The fourth-order valence-corrected chi connectivity index (χ4v) is 3.19. The Labute approximate surface area is 166 Å². The molecule has 2 N–H and O–H groups in total. The highest BCUT2D eigenvalue weighted by Gasteiger charge is 2.19. The summed E-state index contributed by atoms with van der Waals surface area (Å²) in [5.41, 5.74) is 3.21. The van der Waals surface area contributed by atoms with Gasteiger partial charge in [0.05, 0.1) is 11.4 Å². The van der Waals surface area contributed by atoms with Gasteiger partial charge < -0.3 is 10.6 Å². The molecule has 29 heavy (non-hydrogen) atoms. The van der Waals surface area contributed by atoms with Crippen LogP contribution in [0.25, 0.3) is 11.3 Å². The Balaban J connectivity index is 1.31. The molecule has 0 fully saturated rings. The predicted octanol–water partition coefficient (Wildman–Crippen LogP) is 3.30. The minimum atomic E-state index is -1.21. The predicted molar refractivity (Wildman–Crippen MR) is 105 cm³/mol. The van der Waals surface area contributed by atoms with E-state index in [1.54, 1.807) is 18.2 Å². The van der Waals surface area contributed by atoms with Crippen molar-refractivity contribution in [1.82, 2.24) is 20.5 Å². The van der Waals surface area contributed by atoms with Gasteiger partial charge in [0.2, 0.25) is 0 Å². The van der Waals surface area contributed by atoms with Gasteiger partial charge in [-0.1, -0.05) is 12.1 Å². The summed E-state index contributed by atoms with van der Waals surface area (Å²) in [7, 11) is 0. The van der Waals surface area contributed by atoms with Crippen LogP contribution in [-0.2, 0) is 13.0 Å². The van der Waals surface area contributed by atoms with Crippen LogP contribution in [0.5, 0.6) is 0 Å². The number of rotatable bonds is 7. The van der Waals surface area contributed by atoms with Crippen molar-refractivity contribution in [3.8, 4) is 11.3 Å². The number of hydrogen-bond donors (Lipinski definition) is 2. The lowest BCUT2D eigenvalue weighted by atomic mass is 10.0. The van der Waals surface area contributed by atoms with Gasteiger partial charge in [-0.15, -0.1) is 10.2 Å². The van der Waals surface area contributed by atoms with E-state index in [4.69, 9.17) is 0 Å². The molecule has 2 aromatic heterocycles. The summed E-state index contributed by atoms with van der Waals surface area (Å²) in [6.07, 6.45) is 0.370. The van der Waals surface area contributed by atoms with Crippen molar-refractivity contribution >= 4 is 11.7 Å². The zero-order chi connectivity index (χ0) is 20.2. The molecule has 3 aromatic rings. The van der Waals surface area contributed by atoms with E-state index in [9.17, 15) is 13.6 Å².